The van der Waals surface area contributed by atoms with Gasteiger partial charge in [0.15, 0.2) is 11.6 Å². The number of methoxy groups -OCH3 is 1. The first-order chi connectivity index (χ1) is 12.7. The summed E-state index contributed by atoms with van der Waals surface area (Å²) in [6.45, 7) is 0.602. The van der Waals surface area contributed by atoms with Gasteiger partial charge in [-0.3, -0.25) is 4.98 Å². The molecule has 0 fully saturated rings. The summed E-state index contributed by atoms with van der Waals surface area (Å²) in [6.07, 6.45) is 1.70. The van der Waals surface area contributed by atoms with Crippen LogP contribution in [0.2, 0.25) is 0 Å². The molecule has 3 aromatic rings. The summed E-state index contributed by atoms with van der Waals surface area (Å²) in [6, 6.07) is 15.1. The molecule has 0 aliphatic heterocycles. The normalized spacial score (nSPS) is 10.4. The van der Waals surface area contributed by atoms with Crippen molar-refractivity contribution >= 4 is 5.69 Å². The summed E-state index contributed by atoms with van der Waals surface area (Å²) in [5, 5.41) is 2.89. The summed E-state index contributed by atoms with van der Waals surface area (Å²) < 4.78 is 38.4. The fourth-order valence-corrected chi connectivity index (χ4v) is 2.44. The molecular weight excluding hydrogens is 338 g/mol. The standard InChI is InChI=1S/C20H18F2N2O2/c1-25-20-11-16(21)18(10-17(20)22)24-12-14-6-2-3-8-19(14)26-13-15-7-4-5-9-23-15/h2-11,24H,12-13H2,1H3. The van der Waals surface area contributed by atoms with Crippen molar-refractivity contribution in [2.24, 2.45) is 0 Å². The van der Waals surface area contributed by atoms with Crippen molar-refractivity contribution in [3.05, 3.63) is 83.7 Å². The molecule has 0 saturated heterocycles. The van der Waals surface area contributed by atoms with Crippen LogP contribution in [0.15, 0.2) is 60.8 Å². The van der Waals surface area contributed by atoms with Crippen molar-refractivity contribution in [3.63, 3.8) is 0 Å². The Balaban J connectivity index is 1.70. The van der Waals surface area contributed by atoms with Crippen LogP contribution >= 0.6 is 0 Å². The Labute approximate surface area is 150 Å². The van der Waals surface area contributed by atoms with Gasteiger partial charge in [-0.05, 0) is 18.2 Å². The zero-order valence-corrected chi connectivity index (χ0v) is 14.2. The fourth-order valence-electron chi connectivity index (χ4n) is 2.44. The van der Waals surface area contributed by atoms with Crippen molar-refractivity contribution in [3.8, 4) is 11.5 Å². The van der Waals surface area contributed by atoms with E-state index in [1.54, 1.807) is 6.20 Å². The summed E-state index contributed by atoms with van der Waals surface area (Å²) in [5.74, 6) is -0.696. The second-order valence-corrected chi connectivity index (χ2v) is 5.54. The molecule has 134 valence electrons. The van der Waals surface area contributed by atoms with Crippen molar-refractivity contribution in [1.29, 1.82) is 0 Å². The second kappa shape index (κ2) is 8.29. The first-order valence-electron chi connectivity index (χ1n) is 8.05. The van der Waals surface area contributed by atoms with Gasteiger partial charge in [0.2, 0.25) is 0 Å². The maximum Gasteiger partial charge on any atom is 0.167 e. The van der Waals surface area contributed by atoms with Crippen LogP contribution in [0.4, 0.5) is 14.5 Å². The predicted molar refractivity (Wildman–Crippen MR) is 95.2 cm³/mol. The van der Waals surface area contributed by atoms with Crippen molar-refractivity contribution in [2.75, 3.05) is 12.4 Å². The van der Waals surface area contributed by atoms with Crippen LogP contribution in [0.3, 0.4) is 0 Å². The molecule has 0 aliphatic carbocycles. The van der Waals surface area contributed by atoms with Crippen molar-refractivity contribution in [1.82, 2.24) is 4.98 Å². The summed E-state index contributed by atoms with van der Waals surface area (Å²) in [4.78, 5) is 4.21. The molecule has 0 atom stereocenters. The number of para-hydroxylation sites is 1. The Bertz CT molecular complexity index is 873. The zero-order chi connectivity index (χ0) is 18.4. The number of aromatic nitrogens is 1. The number of anilines is 1. The number of hydrogen-bond donors (Lipinski definition) is 1. The molecule has 4 nitrogen and oxygen atoms in total. The lowest BCUT2D eigenvalue weighted by Gasteiger charge is -2.14. The van der Waals surface area contributed by atoms with Gasteiger partial charge in [0, 0.05) is 30.4 Å². The molecule has 0 radical (unpaired) electrons. The molecule has 1 aromatic heterocycles. The van der Waals surface area contributed by atoms with Gasteiger partial charge in [0.25, 0.3) is 0 Å². The Hall–Kier alpha value is -3.15. The largest absolute Gasteiger partial charge is 0.494 e. The van der Waals surface area contributed by atoms with Crippen LogP contribution in [0.1, 0.15) is 11.3 Å². The van der Waals surface area contributed by atoms with Crippen molar-refractivity contribution < 1.29 is 18.3 Å². The summed E-state index contributed by atoms with van der Waals surface area (Å²) >= 11 is 0. The predicted octanol–water partition coefficient (Wildman–Crippen LogP) is 4.56. The lowest BCUT2D eigenvalue weighted by molar-refractivity contribution is 0.298. The fraction of sp³-hybridized carbons (Fsp3) is 0.150. The molecule has 0 unspecified atom stereocenters. The average Bonchev–Trinajstić information content (AvgIpc) is 2.68. The summed E-state index contributed by atoms with van der Waals surface area (Å²) in [7, 11) is 1.29. The minimum atomic E-state index is -0.629. The van der Waals surface area contributed by atoms with Crippen molar-refractivity contribution in [2.45, 2.75) is 13.2 Å². The monoisotopic (exact) mass is 356 g/mol. The van der Waals surface area contributed by atoms with Gasteiger partial charge in [-0.15, -0.1) is 0 Å². The first kappa shape index (κ1) is 17.7. The molecule has 1 heterocycles. The summed E-state index contributed by atoms with van der Waals surface area (Å²) in [5.41, 5.74) is 1.68. The third-order valence-electron chi connectivity index (χ3n) is 3.79. The van der Waals surface area contributed by atoms with Crippen LogP contribution in [0, 0.1) is 11.6 Å². The SMILES string of the molecule is COc1cc(F)c(NCc2ccccc2OCc2ccccn2)cc1F. The highest BCUT2D eigenvalue weighted by molar-refractivity contribution is 5.50. The number of halogens is 2. The zero-order valence-electron chi connectivity index (χ0n) is 14.2. The molecule has 3 rings (SSSR count). The van der Waals surface area contributed by atoms with Gasteiger partial charge in [-0.25, -0.2) is 8.78 Å². The van der Waals surface area contributed by atoms with Gasteiger partial charge in [0.1, 0.15) is 18.2 Å². The van der Waals surface area contributed by atoms with Crippen LogP contribution < -0.4 is 14.8 Å². The number of nitrogens with one attached hydrogen (secondary N) is 1. The van der Waals surface area contributed by atoms with E-state index in [-0.39, 0.29) is 18.0 Å². The number of pyridine rings is 1. The highest BCUT2D eigenvalue weighted by Crippen LogP contribution is 2.26. The molecule has 26 heavy (non-hydrogen) atoms. The third-order valence-corrected chi connectivity index (χ3v) is 3.79. The first-order valence-corrected chi connectivity index (χ1v) is 8.05. The molecule has 0 saturated carbocycles. The van der Waals surface area contributed by atoms with Crippen LogP contribution in [-0.4, -0.2) is 12.1 Å². The van der Waals surface area contributed by atoms with E-state index >= 15 is 0 Å². The molecule has 6 heteroatoms. The Morgan fingerprint density at radius 1 is 0.962 bits per heavy atom. The number of benzene rings is 2. The maximum atomic E-state index is 14.0. The molecule has 0 aliphatic rings. The van der Waals surface area contributed by atoms with E-state index in [4.69, 9.17) is 9.47 Å². The van der Waals surface area contributed by atoms with Gasteiger partial charge in [0.05, 0.1) is 18.5 Å². The van der Waals surface area contributed by atoms with E-state index < -0.39 is 11.6 Å². The van der Waals surface area contributed by atoms with Crippen LogP contribution in [0.5, 0.6) is 11.5 Å². The second-order valence-electron chi connectivity index (χ2n) is 5.54. The Kier molecular flexibility index (Phi) is 5.63. The molecule has 2 aromatic carbocycles. The topological polar surface area (TPSA) is 43.4 Å². The number of nitrogens with zero attached hydrogens (tertiary/aromatic N) is 1. The van der Waals surface area contributed by atoms with E-state index in [1.807, 2.05) is 42.5 Å². The van der Waals surface area contributed by atoms with E-state index in [0.717, 1.165) is 23.4 Å². The molecule has 0 bridgehead atoms. The smallest absolute Gasteiger partial charge is 0.167 e. The third kappa shape index (κ3) is 4.27. The van der Waals surface area contributed by atoms with Crippen LogP contribution in [0.25, 0.3) is 0 Å². The lowest BCUT2D eigenvalue weighted by atomic mass is 10.2. The van der Waals surface area contributed by atoms with Gasteiger partial charge in [-0.1, -0.05) is 24.3 Å². The van der Waals surface area contributed by atoms with E-state index in [1.165, 1.54) is 7.11 Å². The number of rotatable bonds is 7. The van der Waals surface area contributed by atoms with E-state index in [9.17, 15) is 8.78 Å². The highest BCUT2D eigenvalue weighted by Gasteiger charge is 2.11. The van der Waals surface area contributed by atoms with E-state index in [2.05, 4.69) is 10.3 Å². The Morgan fingerprint density at radius 2 is 1.77 bits per heavy atom. The van der Waals surface area contributed by atoms with Gasteiger partial charge >= 0.3 is 0 Å². The number of hydrogen-bond acceptors (Lipinski definition) is 4. The quantitative estimate of drug-likeness (QED) is 0.674. The molecule has 1 N–H and O–H groups in total. The Morgan fingerprint density at radius 3 is 2.54 bits per heavy atom. The average molecular weight is 356 g/mol. The molecular formula is C20H18F2N2O2. The molecule has 0 amide bonds. The van der Waals surface area contributed by atoms with Gasteiger partial charge in [-0.2, -0.15) is 0 Å². The maximum absolute atomic E-state index is 14.0. The minimum absolute atomic E-state index is 0.0582. The lowest BCUT2D eigenvalue weighted by Crippen LogP contribution is -2.06. The van der Waals surface area contributed by atoms with Crippen LogP contribution in [-0.2, 0) is 13.2 Å². The highest BCUT2D eigenvalue weighted by atomic mass is 19.1. The van der Waals surface area contributed by atoms with Gasteiger partial charge < -0.3 is 14.8 Å². The number of ether oxygens (including phenoxy) is 2. The van der Waals surface area contributed by atoms with E-state index in [0.29, 0.717) is 12.4 Å². The minimum Gasteiger partial charge on any atom is -0.494 e. The molecule has 0 spiro atoms.